The summed E-state index contributed by atoms with van der Waals surface area (Å²) in [6.45, 7) is 0. The van der Waals surface area contributed by atoms with Gasteiger partial charge in [-0.3, -0.25) is 0 Å². The molecule has 3 rings (SSSR count). The molecule has 133 heavy (non-hydrogen) atoms. The first kappa shape index (κ1) is 175. The number of rotatable bonds is 36. The second kappa shape index (κ2) is 68.4. The summed E-state index contributed by atoms with van der Waals surface area (Å²) in [6, 6.07) is 0. The molecule has 3 aliphatic rings. The zero-order chi connectivity index (χ0) is 96.9. The Morgan fingerprint density at radius 3 is 0.150 bits per heavy atom. The Morgan fingerprint density at radius 1 is 0.113 bits per heavy atom. The second-order valence-electron chi connectivity index (χ2n) is 19.0. The summed E-state index contributed by atoms with van der Waals surface area (Å²) in [5.74, 6) is 0. The molecule has 3 aliphatic carbocycles. The van der Waals surface area contributed by atoms with Gasteiger partial charge in [-0.2, -0.15) is 0 Å². The summed E-state index contributed by atoms with van der Waals surface area (Å²) in [6.07, 6.45) is -64.4. The summed E-state index contributed by atoms with van der Waals surface area (Å²) in [5, 5.41) is 44.2. The predicted octanol–water partition coefficient (Wildman–Crippen LogP) is -32.9. The first-order valence-corrected chi connectivity index (χ1v) is 51.3. The molecule has 0 bridgehead atoms. The van der Waals surface area contributed by atoms with Crippen molar-refractivity contribution in [1.82, 2.24) is 0 Å². The van der Waals surface area contributed by atoms with Crippen LogP contribution in [0.1, 0.15) is 0 Å². The van der Waals surface area contributed by atoms with E-state index >= 15 is 0 Å². The monoisotopic (exact) mass is 2860 g/mol. The topological polar surface area (TPSA) is 1500 Å². The molecule has 0 amide bonds. The molecule has 0 N–H and O–H groups in total. The number of phosphoric acid groups is 18. The average Bonchev–Trinajstić information content (AvgIpc) is 0.754. The minimum Gasteiger partial charge on any atom is -0.790 e. The number of phosphoric ester groups is 18. The fraction of sp³-hybridized carbons (Fsp3) is 1.00. The summed E-state index contributed by atoms with van der Waals surface area (Å²) in [5.41, 5.74) is 0. The van der Waals surface area contributed by atoms with E-state index in [2.05, 4.69) is 81.4 Å². The Labute approximate surface area is 865 Å². The molecule has 785 valence electrons. The number of hydrogen-bond acceptors (Lipinski definition) is 81. The van der Waals surface area contributed by atoms with Gasteiger partial charge in [-0.15, -0.1) is 0 Å². The zero-order valence-electron chi connectivity index (χ0n) is 57.4. The molecule has 3 fully saturated rings. The molecule has 13 radical (unpaired) electrons. The van der Waals surface area contributed by atoms with Crippen molar-refractivity contribution in [3.05, 3.63) is 46.0 Å². The molecule has 0 aromatic heterocycles. The van der Waals surface area contributed by atoms with Crippen molar-refractivity contribution in [3.8, 4) is 0 Å². The van der Waals surface area contributed by atoms with Gasteiger partial charge in [0, 0.05) is 0 Å². The molecule has 0 saturated heterocycles. The summed E-state index contributed by atoms with van der Waals surface area (Å²) >= 11 is 0. The van der Waals surface area contributed by atoms with E-state index in [9.17, 15) is 258 Å². The summed E-state index contributed by atoms with van der Waals surface area (Å²) in [4.78, 5) is 424. The van der Waals surface area contributed by atoms with E-state index in [0.717, 1.165) is 0 Å². The third-order valence-corrected chi connectivity index (χ3v) is 19.4. The van der Waals surface area contributed by atoms with Gasteiger partial charge < -0.3 is 386 Å². The van der Waals surface area contributed by atoms with Crippen LogP contribution in [0.25, 0.3) is 0 Å². The van der Waals surface area contributed by atoms with Crippen molar-refractivity contribution in [3.63, 3.8) is 0 Å². The smallest absolute Gasteiger partial charge is 0.790 e. The van der Waals surface area contributed by atoms with E-state index in [1.165, 1.54) is 0 Å². The standard InChI is InChI=1S/3C6H18O24P6.13Fe.3NO3/c3*7-31(8,9)25-1-2(26-32(10,11)12)4(28-34(16,17)18)6(30-36(22,23)24)5(29-35(19,20)21)3(1)27-33(13,14)15;;;;;;;;;;;;;;3*2-1(3)4/h3*1-6H,(H2,7,8,9)(H2,10,11,12)(H2,13,14,15)(H2,16,17,18)(H2,19,20,21)(H2,22,23,24);;;;;;;;;;;;;;;;/q;;;13*+3;3*-1/p-36/t3*1-,2-,3-,4+,5-,6-;;;;;;;;;;;;;;;;. The van der Waals surface area contributed by atoms with Crippen molar-refractivity contribution in [1.29, 1.82) is 0 Å². The van der Waals surface area contributed by atoms with Crippen molar-refractivity contribution in [2.45, 2.75) is 110 Å². The summed E-state index contributed by atoms with van der Waals surface area (Å²) in [7, 11) is -120. The van der Waals surface area contributed by atoms with Gasteiger partial charge in [0.15, 0.2) is 0 Å². The maximum Gasteiger partial charge on any atom is 3.00 e. The first-order chi connectivity index (χ1) is 51.9. The van der Waals surface area contributed by atoms with Crippen LogP contribution in [0.4, 0.5) is 0 Å². The van der Waals surface area contributed by atoms with Crippen LogP contribution in [-0.4, -0.2) is 125 Å². The normalized spacial score (nSPS) is 24.4. The molecule has 0 heterocycles. The predicted molar refractivity (Wildman–Crippen MR) is 256 cm³/mol. The van der Waals surface area contributed by atoms with Gasteiger partial charge in [-0.05, 0) is 0 Å². The Hall–Kier alpha value is 6.33. The minimum atomic E-state index is -6.68. The van der Waals surface area contributed by atoms with Gasteiger partial charge in [0.2, 0.25) is 0 Å². The van der Waals surface area contributed by atoms with Crippen molar-refractivity contribution >= 4 is 141 Å². The van der Waals surface area contributed by atoms with Crippen LogP contribution in [0, 0.1) is 46.0 Å². The van der Waals surface area contributed by atoms with Crippen LogP contribution in [0.5, 0.6) is 0 Å². The molecule has 3 saturated carbocycles. The molecule has 0 aromatic rings. The molecule has 0 atom stereocenters. The van der Waals surface area contributed by atoms with E-state index in [-0.39, 0.29) is 222 Å². The maximum absolute atomic E-state index is 11.1. The first-order valence-electron chi connectivity index (χ1n) is 25.0. The molecule has 0 aromatic carbocycles. The largest absolute Gasteiger partial charge is 3.00 e. The molecule has 0 unspecified atom stereocenters. The molecule has 115 heteroatoms. The van der Waals surface area contributed by atoms with E-state index in [1.807, 2.05) is 0 Å². The van der Waals surface area contributed by atoms with Gasteiger partial charge in [0.05, 0.1) is 156 Å². The molecule has 84 nitrogen and oxygen atoms in total. The van der Waals surface area contributed by atoms with E-state index in [1.54, 1.807) is 0 Å². The van der Waals surface area contributed by atoms with Gasteiger partial charge in [0.1, 0.15) is 110 Å². The minimum absolute atomic E-state index is 0. The van der Waals surface area contributed by atoms with Crippen molar-refractivity contribution in [2.24, 2.45) is 0 Å². The average molecular weight is 2860 g/mol. The van der Waals surface area contributed by atoms with E-state index < -0.39 is 266 Å². The fourth-order valence-corrected chi connectivity index (χ4v) is 17.9. The van der Waals surface area contributed by atoms with Gasteiger partial charge in [-0.1, -0.05) is 0 Å². The number of hydrogen-bond donors (Lipinski definition) is 0. The SMILES string of the molecule is O=P([O-])([O-])O[C@H]1[C@H](OP(=O)([O-])[O-])[C@@H](OP(=O)([O-])[O-])[C@H](OP(=O)([O-])[O-])[C@@H](OP(=O)([O-])[O-])[C@H]1OP(=O)([O-])[O-].O=P([O-])([O-])O[C@H]1[C@H](OP(=O)([O-])[O-])[C@@H](OP(=O)([O-])[O-])[C@H](OP(=O)([O-])[O-])[C@@H](OP(=O)([O-])[O-])[C@H]1OP(=O)([O-])[O-].O=P([O-])([O-])O[C@H]1[C@H](OP(=O)([O-])[O-])[C@@H](OP(=O)([O-])[O-])[C@H](OP(=O)([O-])[O-])[C@@H](OP(=O)([O-])[O-])[C@H]1OP(=O)([O-])[O-].O=[N+]([O-])[O-].O=[N+]([O-])[O-].O=[N+]([O-])[O-].[Fe+3].[Fe+3].[Fe+3].[Fe+3].[Fe+3].[Fe+3].[Fe+3].[Fe+3].[Fe+3].[Fe+3].[Fe+3].[Fe+3].[Fe+3]. The Balaban J connectivity index is -0.0000000989. The van der Waals surface area contributed by atoms with Crippen molar-refractivity contribution < 1.29 is 577 Å². The molecule has 0 spiro atoms. The zero-order valence-corrected chi connectivity index (χ0v) is 87.9. The molecule has 0 aliphatic heterocycles. The number of nitrogens with zero attached hydrogens (tertiary/aromatic N) is 3. The van der Waals surface area contributed by atoms with Crippen LogP contribution in [-0.2, 0) is 385 Å². The van der Waals surface area contributed by atoms with Crippen LogP contribution < -0.4 is 176 Å². The second-order valence-corrected chi connectivity index (χ2v) is 38.9. The maximum atomic E-state index is 11.1. The van der Waals surface area contributed by atoms with Gasteiger partial charge in [0.25, 0.3) is 0 Å². The van der Waals surface area contributed by atoms with E-state index in [4.69, 9.17) is 46.0 Å². The fourth-order valence-electron chi connectivity index (χ4n) is 8.21. The van der Waals surface area contributed by atoms with Crippen LogP contribution in [0.3, 0.4) is 0 Å². The van der Waals surface area contributed by atoms with Gasteiger partial charge in [-0.25, -0.2) is 0 Å². The quantitative estimate of drug-likeness (QED) is 0.0243. The van der Waals surface area contributed by atoms with Crippen LogP contribution >= 0.6 is 141 Å². The Kier molecular flexibility index (Phi) is 90.1. The Morgan fingerprint density at radius 2 is 0.135 bits per heavy atom. The third-order valence-electron chi connectivity index (χ3n) is 10.3. The van der Waals surface area contributed by atoms with Gasteiger partial charge >= 0.3 is 222 Å². The Bertz CT molecular complexity index is 3230. The molecular formula is C18H18Fe13N3O81P18. The third kappa shape index (κ3) is 90.7. The molecular weight excluding hydrogens is 2840 g/mol. The van der Waals surface area contributed by atoms with E-state index in [0.29, 0.717) is 0 Å². The van der Waals surface area contributed by atoms with Crippen LogP contribution in [0.2, 0.25) is 0 Å². The summed E-state index contributed by atoms with van der Waals surface area (Å²) < 4.78 is 265. The van der Waals surface area contributed by atoms with Crippen LogP contribution in [0.15, 0.2) is 0 Å². The van der Waals surface area contributed by atoms with Crippen molar-refractivity contribution in [2.75, 3.05) is 0 Å².